The molecule has 1 aliphatic carbocycles. The van der Waals surface area contributed by atoms with Gasteiger partial charge in [-0.1, -0.05) is 34.5 Å². The lowest BCUT2D eigenvalue weighted by Crippen LogP contribution is -2.38. The van der Waals surface area contributed by atoms with Gasteiger partial charge in [-0.25, -0.2) is 0 Å². The third-order valence-electron chi connectivity index (χ3n) is 3.62. The maximum absolute atomic E-state index is 12.7. The third-order valence-corrected chi connectivity index (χ3v) is 4.11. The summed E-state index contributed by atoms with van der Waals surface area (Å²) in [6, 6.07) is 7.79. The van der Waals surface area contributed by atoms with Crippen molar-refractivity contribution in [1.82, 2.24) is 5.32 Å². The van der Waals surface area contributed by atoms with E-state index >= 15 is 0 Å². The molecule has 0 bridgehead atoms. The van der Waals surface area contributed by atoms with Gasteiger partial charge in [0.1, 0.15) is 0 Å². The minimum absolute atomic E-state index is 0.0284. The quantitative estimate of drug-likeness (QED) is 0.847. The van der Waals surface area contributed by atoms with Gasteiger partial charge in [-0.3, -0.25) is 0 Å². The summed E-state index contributed by atoms with van der Waals surface area (Å²) in [5.74, 6) is -1.14. The Morgan fingerprint density at radius 3 is 2.74 bits per heavy atom. The lowest BCUT2D eigenvalue weighted by Gasteiger charge is -2.31. The van der Waals surface area contributed by atoms with Crippen molar-refractivity contribution in [3.63, 3.8) is 0 Å². The van der Waals surface area contributed by atoms with E-state index in [1.165, 1.54) is 0 Å². The van der Waals surface area contributed by atoms with Crippen LogP contribution in [0.15, 0.2) is 28.7 Å². The molecule has 0 saturated heterocycles. The second kappa shape index (κ2) is 6.27. The van der Waals surface area contributed by atoms with Crippen molar-refractivity contribution in [2.75, 3.05) is 0 Å². The Morgan fingerprint density at radius 1 is 1.26 bits per heavy atom. The van der Waals surface area contributed by atoms with Crippen LogP contribution < -0.4 is 5.32 Å². The summed E-state index contributed by atoms with van der Waals surface area (Å²) in [6.07, 6.45) is -2.08. The van der Waals surface area contributed by atoms with Crippen molar-refractivity contribution in [2.24, 2.45) is 5.92 Å². The van der Waals surface area contributed by atoms with E-state index in [0.717, 1.165) is 16.5 Å². The van der Waals surface area contributed by atoms with E-state index in [9.17, 15) is 13.2 Å². The van der Waals surface area contributed by atoms with Crippen molar-refractivity contribution < 1.29 is 13.2 Å². The van der Waals surface area contributed by atoms with E-state index in [1.807, 2.05) is 24.3 Å². The molecule has 0 heterocycles. The van der Waals surface area contributed by atoms with Crippen LogP contribution in [0, 0.1) is 5.92 Å². The van der Waals surface area contributed by atoms with Crippen LogP contribution in [0.1, 0.15) is 31.2 Å². The first kappa shape index (κ1) is 14.9. The molecule has 1 saturated carbocycles. The summed E-state index contributed by atoms with van der Waals surface area (Å²) in [5.41, 5.74) is 1.09. The van der Waals surface area contributed by atoms with Crippen molar-refractivity contribution in [1.29, 1.82) is 0 Å². The molecule has 1 aliphatic rings. The molecule has 0 radical (unpaired) electrons. The number of halogens is 4. The number of hydrogen-bond donors (Lipinski definition) is 1. The summed E-state index contributed by atoms with van der Waals surface area (Å²) in [5, 5.41) is 3.25. The topological polar surface area (TPSA) is 12.0 Å². The third kappa shape index (κ3) is 4.49. The van der Waals surface area contributed by atoms with Gasteiger partial charge >= 0.3 is 6.18 Å². The second-order valence-electron chi connectivity index (χ2n) is 5.11. The van der Waals surface area contributed by atoms with Gasteiger partial charge in [-0.15, -0.1) is 0 Å². The number of alkyl halides is 3. The van der Waals surface area contributed by atoms with Crippen molar-refractivity contribution >= 4 is 15.9 Å². The maximum Gasteiger partial charge on any atom is 0.391 e. The highest BCUT2D eigenvalue weighted by Crippen LogP contribution is 2.37. The smallest absolute Gasteiger partial charge is 0.310 e. The predicted octanol–water partition coefficient (Wildman–Crippen LogP) is 4.66. The summed E-state index contributed by atoms with van der Waals surface area (Å²) < 4.78 is 39.1. The summed E-state index contributed by atoms with van der Waals surface area (Å²) >= 11 is 3.39. The number of nitrogens with one attached hydrogen (secondary N) is 1. The molecule has 2 atom stereocenters. The van der Waals surface area contributed by atoms with Gasteiger partial charge in [0, 0.05) is 17.1 Å². The molecule has 2 rings (SSSR count). The van der Waals surface area contributed by atoms with Crippen LogP contribution in [-0.2, 0) is 6.54 Å². The van der Waals surface area contributed by atoms with Gasteiger partial charge in [-0.05, 0) is 37.0 Å². The highest BCUT2D eigenvalue weighted by Gasteiger charge is 2.41. The summed E-state index contributed by atoms with van der Waals surface area (Å²) in [6.45, 7) is 0.620. The fourth-order valence-corrected chi connectivity index (χ4v) is 3.03. The zero-order chi connectivity index (χ0) is 13.9. The van der Waals surface area contributed by atoms with Crippen molar-refractivity contribution in [3.05, 3.63) is 34.3 Å². The highest BCUT2D eigenvalue weighted by atomic mass is 79.9. The lowest BCUT2D eigenvalue weighted by atomic mass is 9.85. The number of rotatable bonds is 3. The van der Waals surface area contributed by atoms with Crippen LogP contribution >= 0.6 is 15.9 Å². The van der Waals surface area contributed by atoms with Crippen LogP contribution in [0.3, 0.4) is 0 Å². The largest absolute Gasteiger partial charge is 0.391 e. The predicted molar refractivity (Wildman–Crippen MR) is 72.8 cm³/mol. The molecule has 1 aromatic rings. The number of hydrogen-bond acceptors (Lipinski definition) is 1. The molecule has 0 amide bonds. The molecule has 1 nitrogen and oxygen atoms in total. The minimum atomic E-state index is -4.05. The van der Waals surface area contributed by atoms with Crippen LogP contribution in [-0.4, -0.2) is 12.2 Å². The molecule has 0 aliphatic heterocycles. The number of benzene rings is 1. The Hall–Kier alpha value is -0.550. The van der Waals surface area contributed by atoms with E-state index in [0.29, 0.717) is 13.0 Å². The first-order valence-electron chi connectivity index (χ1n) is 6.49. The van der Waals surface area contributed by atoms with Gasteiger partial charge in [-0.2, -0.15) is 13.2 Å². The fourth-order valence-electron chi connectivity index (χ4n) is 2.58. The summed E-state index contributed by atoms with van der Waals surface area (Å²) in [7, 11) is 0. The Balaban J connectivity index is 1.86. The molecule has 19 heavy (non-hydrogen) atoms. The van der Waals surface area contributed by atoms with Gasteiger partial charge in [0.15, 0.2) is 0 Å². The SMILES string of the molecule is FC(F)(F)C1CCCC(NCc2cccc(Br)c2)C1. The molecule has 0 spiro atoms. The monoisotopic (exact) mass is 335 g/mol. The van der Waals surface area contributed by atoms with E-state index in [-0.39, 0.29) is 18.9 Å². The van der Waals surface area contributed by atoms with Gasteiger partial charge in [0.25, 0.3) is 0 Å². The Kier molecular flexibility index (Phi) is 4.90. The highest BCUT2D eigenvalue weighted by molar-refractivity contribution is 9.10. The van der Waals surface area contributed by atoms with E-state index < -0.39 is 12.1 Å². The van der Waals surface area contributed by atoms with E-state index in [1.54, 1.807) is 0 Å². The van der Waals surface area contributed by atoms with Crippen LogP contribution in [0.4, 0.5) is 13.2 Å². The fraction of sp³-hybridized carbons (Fsp3) is 0.571. The molecule has 5 heteroatoms. The summed E-state index contributed by atoms with van der Waals surface area (Å²) in [4.78, 5) is 0. The molecule has 1 N–H and O–H groups in total. The standard InChI is InChI=1S/C14H17BrF3N/c15-12-5-1-3-10(7-12)9-19-13-6-2-4-11(8-13)14(16,17)18/h1,3,5,7,11,13,19H,2,4,6,8-9H2. The van der Waals surface area contributed by atoms with Crippen LogP contribution in [0.5, 0.6) is 0 Å². The van der Waals surface area contributed by atoms with E-state index in [4.69, 9.17) is 0 Å². The van der Waals surface area contributed by atoms with Crippen LogP contribution in [0.2, 0.25) is 0 Å². The first-order valence-corrected chi connectivity index (χ1v) is 7.29. The molecule has 106 valence electrons. The average Bonchev–Trinajstić information content (AvgIpc) is 2.36. The minimum Gasteiger partial charge on any atom is -0.310 e. The average molecular weight is 336 g/mol. The molecule has 0 aromatic heterocycles. The van der Waals surface area contributed by atoms with Crippen molar-refractivity contribution in [2.45, 2.75) is 44.4 Å². The van der Waals surface area contributed by atoms with Gasteiger partial charge < -0.3 is 5.32 Å². The first-order chi connectivity index (χ1) is 8.95. The molecule has 1 fully saturated rings. The zero-order valence-corrected chi connectivity index (χ0v) is 12.1. The Bertz CT molecular complexity index is 419. The molecule has 2 unspecified atom stereocenters. The normalized spacial score (nSPS) is 24.4. The van der Waals surface area contributed by atoms with Crippen LogP contribution in [0.25, 0.3) is 0 Å². The lowest BCUT2D eigenvalue weighted by molar-refractivity contribution is -0.183. The molecule has 1 aromatic carbocycles. The van der Waals surface area contributed by atoms with Gasteiger partial charge in [0.2, 0.25) is 0 Å². The second-order valence-corrected chi connectivity index (χ2v) is 6.03. The zero-order valence-electron chi connectivity index (χ0n) is 10.5. The molecular formula is C14H17BrF3N. The Morgan fingerprint density at radius 2 is 2.05 bits per heavy atom. The van der Waals surface area contributed by atoms with Crippen molar-refractivity contribution in [3.8, 4) is 0 Å². The Labute approximate surface area is 119 Å². The van der Waals surface area contributed by atoms with Gasteiger partial charge in [0.05, 0.1) is 5.92 Å². The maximum atomic E-state index is 12.7. The van der Waals surface area contributed by atoms with E-state index in [2.05, 4.69) is 21.2 Å². The molecular weight excluding hydrogens is 319 g/mol.